The molecule has 1 aromatic heterocycles. The molecule has 0 atom stereocenters. The second-order valence-corrected chi connectivity index (χ2v) is 7.20. The minimum absolute atomic E-state index is 0.0210. The van der Waals surface area contributed by atoms with Crippen LogP contribution in [0.15, 0.2) is 42.6 Å². The molecule has 0 fully saturated rings. The smallest absolute Gasteiger partial charge is 0.254 e. The molecule has 0 spiro atoms. The SMILES string of the molecule is COCCn1cc2c3c(cccc31)CN(C(=O)c1ccc3c(c1)OCO3)CC2. The van der Waals surface area contributed by atoms with Crippen LogP contribution in [0.2, 0.25) is 0 Å². The Morgan fingerprint density at radius 2 is 2.04 bits per heavy atom. The van der Waals surface area contributed by atoms with Crippen molar-refractivity contribution in [3.8, 4) is 11.5 Å². The highest BCUT2D eigenvalue weighted by atomic mass is 16.7. The summed E-state index contributed by atoms with van der Waals surface area (Å²) < 4.78 is 18.3. The molecule has 0 unspecified atom stereocenters. The normalized spacial score (nSPS) is 15.1. The summed E-state index contributed by atoms with van der Waals surface area (Å²) in [4.78, 5) is 15.1. The van der Waals surface area contributed by atoms with E-state index < -0.39 is 0 Å². The molecule has 2 aromatic carbocycles. The summed E-state index contributed by atoms with van der Waals surface area (Å²) in [6.45, 7) is 3.01. The third-order valence-corrected chi connectivity index (χ3v) is 5.53. The van der Waals surface area contributed by atoms with Crippen LogP contribution in [0.3, 0.4) is 0 Å². The Morgan fingerprint density at radius 1 is 1.14 bits per heavy atom. The Balaban J connectivity index is 1.45. The molecule has 144 valence electrons. The lowest BCUT2D eigenvalue weighted by molar-refractivity contribution is 0.0747. The minimum atomic E-state index is 0.0210. The first kappa shape index (κ1) is 17.1. The highest BCUT2D eigenvalue weighted by Crippen LogP contribution is 2.34. The summed E-state index contributed by atoms with van der Waals surface area (Å²) in [6.07, 6.45) is 3.05. The third kappa shape index (κ3) is 2.81. The number of rotatable bonds is 4. The average molecular weight is 378 g/mol. The van der Waals surface area contributed by atoms with E-state index in [0.29, 0.717) is 36.8 Å². The number of methoxy groups -OCH3 is 1. The number of carbonyl (C=O) groups excluding carboxylic acids is 1. The molecule has 3 aromatic rings. The van der Waals surface area contributed by atoms with Crippen molar-refractivity contribution in [1.29, 1.82) is 0 Å². The number of amides is 1. The Hall–Kier alpha value is -2.99. The Labute approximate surface area is 163 Å². The van der Waals surface area contributed by atoms with Crippen LogP contribution in [-0.2, 0) is 24.2 Å². The van der Waals surface area contributed by atoms with E-state index in [0.717, 1.165) is 13.0 Å². The lowest BCUT2D eigenvalue weighted by Gasteiger charge is -2.21. The summed E-state index contributed by atoms with van der Waals surface area (Å²) in [7, 11) is 1.72. The standard InChI is InChI=1S/C22H22N2O4/c1-26-10-9-23-12-17-7-8-24(13-16-3-2-4-18(23)21(16)17)22(25)15-5-6-19-20(11-15)28-14-27-19/h2-6,11-12H,7-10,13-14H2,1H3. The average Bonchev–Trinajstić information content (AvgIpc) is 3.28. The summed E-state index contributed by atoms with van der Waals surface area (Å²) >= 11 is 0. The summed E-state index contributed by atoms with van der Waals surface area (Å²) in [5.74, 6) is 1.35. The van der Waals surface area contributed by atoms with Crippen LogP contribution in [0.5, 0.6) is 11.5 Å². The summed E-state index contributed by atoms with van der Waals surface area (Å²) in [5.41, 5.74) is 4.33. The molecule has 6 heteroatoms. The maximum Gasteiger partial charge on any atom is 0.254 e. The van der Waals surface area contributed by atoms with Crippen molar-refractivity contribution in [2.24, 2.45) is 0 Å². The van der Waals surface area contributed by atoms with Gasteiger partial charge in [-0.2, -0.15) is 0 Å². The lowest BCUT2D eigenvalue weighted by atomic mass is 10.1. The number of benzene rings is 2. The minimum Gasteiger partial charge on any atom is -0.454 e. The number of carbonyl (C=O) groups is 1. The van der Waals surface area contributed by atoms with Crippen LogP contribution in [0, 0.1) is 0 Å². The fourth-order valence-electron chi connectivity index (χ4n) is 4.14. The van der Waals surface area contributed by atoms with Gasteiger partial charge in [-0.1, -0.05) is 12.1 Å². The van der Waals surface area contributed by atoms with Gasteiger partial charge >= 0.3 is 0 Å². The van der Waals surface area contributed by atoms with Gasteiger partial charge in [-0.05, 0) is 41.8 Å². The Bertz CT molecular complexity index is 1060. The van der Waals surface area contributed by atoms with Gasteiger partial charge in [-0.25, -0.2) is 0 Å². The number of ether oxygens (including phenoxy) is 3. The molecule has 3 heterocycles. The van der Waals surface area contributed by atoms with Gasteiger partial charge in [0.2, 0.25) is 6.79 Å². The van der Waals surface area contributed by atoms with E-state index >= 15 is 0 Å². The second-order valence-electron chi connectivity index (χ2n) is 7.20. The molecule has 5 rings (SSSR count). The molecule has 0 bridgehead atoms. The first-order valence-electron chi connectivity index (χ1n) is 9.52. The fourth-order valence-corrected chi connectivity index (χ4v) is 4.14. The van der Waals surface area contributed by atoms with Gasteiger partial charge in [0.15, 0.2) is 11.5 Å². The highest BCUT2D eigenvalue weighted by molar-refractivity contribution is 5.96. The van der Waals surface area contributed by atoms with Crippen LogP contribution in [-0.4, -0.2) is 42.4 Å². The van der Waals surface area contributed by atoms with E-state index in [1.54, 1.807) is 13.2 Å². The molecule has 0 saturated carbocycles. The first-order chi connectivity index (χ1) is 13.7. The summed E-state index contributed by atoms with van der Waals surface area (Å²) in [5, 5.41) is 1.28. The van der Waals surface area contributed by atoms with E-state index in [4.69, 9.17) is 14.2 Å². The van der Waals surface area contributed by atoms with Gasteiger partial charge in [-0.3, -0.25) is 4.79 Å². The molecule has 2 aliphatic rings. The highest BCUT2D eigenvalue weighted by Gasteiger charge is 2.24. The zero-order valence-corrected chi connectivity index (χ0v) is 15.8. The number of nitrogens with zero attached hydrogens (tertiary/aromatic N) is 2. The van der Waals surface area contributed by atoms with Gasteiger partial charge in [-0.15, -0.1) is 0 Å². The van der Waals surface area contributed by atoms with Crippen LogP contribution in [0.4, 0.5) is 0 Å². The maximum absolute atomic E-state index is 13.2. The van der Waals surface area contributed by atoms with Crippen molar-refractivity contribution < 1.29 is 19.0 Å². The zero-order valence-electron chi connectivity index (χ0n) is 15.8. The van der Waals surface area contributed by atoms with Crippen LogP contribution in [0.1, 0.15) is 21.5 Å². The largest absolute Gasteiger partial charge is 0.454 e. The zero-order chi connectivity index (χ0) is 19.1. The predicted octanol–water partition coefficient (Wildman–Crippen LogP) is 3.21. The molecule has 0 saturated heterocycles. The van der Waals surface area contributed by atoms with E-state index in [9.17, 15) is 4.79 Å². The second kappa shape index (κ2) is 6.87. The molecule has 2 aliphatic heterocycles. The third-order valence-electron chi connectivity index (χ3n) is 5.53. The molecule has 1 amide bonds. The molecular weight excluding hydrogens is 356 g/mol. The predicted molar refractivity (Wildman–Crippen MR) is 105 cm³/mol. The van der Waals surface area contributed by atoms with E-state index in [-0.39, 0.29) is 12.7 Å². The lowest BCUT2D eigenvalue weighted by Crippen LogP contribution is -2.31. The number of hydrogen-bond acceptors (Lipinski definition) is 4. The number of fused-ring (bicyclic) bond motifs is 1. The van der Waals surface area contributed by atoms with Gasteiger partial charge in [0.25, 0.3) is 5.91 Å². The quantitative estimate of drug-likeness (QED) is 0.700. The van der Waals surface area contributed by atoms with Crippen molar-refractivity contribution in [1.82, 2.24) is 9.47 Å². The molecular formula is C22H22N2O4. The molecule has 0 aliphatic carbocycles. The molecule has 6 nitrogen and oxygen atoms in total. The van der Waals surface area contributed by atoms with Crippen LogP contribution >= 0.6 is 0 Å². The monoisotopic (exact) mass is 378 g/mol. The van der Waals surface area contributed by atoms with Gasteiger partial charge in [0, 0.05) is 49.4 Å². The van der Waals surface area contributed by atoms with Crippen molar-refractivity contribution in [2.75, 3.05) is 27.1 Å². The van der Waals surface area contributed by atoms with Crippen molar-refractivity contribution >= 4 is 16.8 Å². The molecule has 0 N–H and O–H groups in total. The van der Waals surface area contributed by atoms with Crippen LogP contribution in [0.25, 0.3) is 10.9 Å². The van der Waals surface area contributed by atoms with Gasteiger partial charge < -0.3 is 23.7 Å². The number of aromatic nitrogens is 1. The summed E-state index contributed by atoms with van der Waals surface area (Å²) in [6, 6.07) is 11.7. The molecule has 0 radical (unpaired) electrons. The van der Waals surface area contributed by atoms with Crippen molar-refractivity contribution in [3.63, 3.8) is 0 Å². The topological polar surface area (TPSA) is 52.9 Å². The van der Waals surface area contributed by atoms with Gasteiger partial charge in [0.05, 0.1) is 6.61 Å². The van der Waals surface area contributed by atoms with Crippen molar-refractivity contribution in [3.05, 3.63) is 59.3 Å². The van der Waals surface area contributed by atoms with Gasteiger partial charge in [0.1, 0.15) is 0 Å². The van der Waals surface area contributed by atoms with Crippen molar-refractivity contribution in [2.45, 2.75) is 19.5 Å². The van der Waals surface area contributed by atoms with E-state index in [1.807, 2.05) is 17.0 Å². The molecule has 28 heavy (non-hydrogen) atoms. The number of hydrogen-bond donors (Lipinski definition) is 0. The maximum atomic E-state index is 13.2. The van der Waals surface area contributed by atoms with E-state index in [2.05, 4.69) is 29.0 Å². The fraction of sp³-hybridized carbons (Fsp3) is 0.318. The Kier molecular flexibility index (Phi) is 4.20. The van der Waals surface area contributed by atoms with Crippen LogP contribution < -0.4 is 9.47 Å². The Morgan fingerprint density at radius 3 is 2.93 bits per heavy atom. The first-order valence-corrected chi connectivity index (χ1v) is 9.52. The van der Waals surface area contributed by atoms with E-state index in [1.165, 1.54) is 22.0 Å².